The maximum Gasteiger partial charge on any atom is 0.301 e. The van der Waals surface area contributed by atoms with E-state index in [0.29, 0.717) is 18.8 Å². The van der Waals surface area contributed by atoms with Crippen LogP contribution in [0, 0.1) is 0 Å². The highest BCUT2D eigenvalue weighted by Gasteiger charge is 2.27. The van der Waals surface area contributed by atoms with Crippen molar-refractivity contribution in [2.45, 2.75) is 50.7 Å². The zero-order valence-corrected chi connectivity index (χ0v) is 18.3. The van der Waals surface area contributed by atoms with Crippen LogP contribution in [0.5, 0.6) is 0 Å². The van der Waals surface area contributed by atoms with Crippen LogP contribution in [0.2, 0.25) is 0 Å². The van der Waals surface area contributed by atoms with Crippen molar-refractivity contribution in [3.63, 3.8) is 0 Å². The van der Waals surface area contributed by atoms with Crippen molar-refractivity contribution in [2.24, 2.45) is 0 Å². The molecule has 1 aromatic carbocycles. The summed E-state index contributed by atoms with van der Waals surface area (Å²) in [5, 5.41) is 13.4. The van der Waals surface area contributed by atoms with Gasteiger partial charge in [0.2, 0.25) is 0 Å². The molecule has 3 N–H and O–H groups in total. The quantitative estimate of drug-likeness (QED) is 0.502. The summed E-state index contributed by atoms with van der Waals surface area (Å²) in [5.41, 5.74) is 2.46. The molecule has 0 unspecified atom stereocenters. The minimum Gasteiger partial charge on any atom is -0.387 e. The van der Waals surface area contributed by atoms with Crippen LogP contribution >= 0.6 is 0 Å². The first-order chi connectivity index (χ1) is 14.5. The topological polar surface area (TPSA) is 94.6 Å². The second kappa shape index (κ2) is 10.9. The van der Waals surface area contributed by atoms with Crippen LogP contribution in [0.25, 0.3) is 0 Å². The van der Waals surface area contributed by atoms with E-state index in [1.54, 1.807) is 37.6 Å². The number of benzene rings is 1. The number of aliphatic hydroxyl groups excluding tert-OH is 1. The molecule has 1 atom stereocenters. The summed E-state index contributed by atoms with van der Waals surface area (Å²) in [6, 6.07) is 11.2. The summed E-state index contributed by atoms with van der Waals surface area (Å²) in [5.74, 6) is 0. The van der Waals surface area contributed by atoms with Crippen molar-refractivity contribution in [3.05, 3.63) is 59.9 Å². The van der Waals surface area contributed by atoms with Gasteiger partial charge in [-0.05, 0) is 49.6 Å². The van der Waals surface area contributed by atoms with Crippen LogP contribution in [0.15, 0.2) is 48.8 Å². The molecule has 164 valence electrons. The molecule has 0 aliphatic heterocycles. The molecule has 7 nitrogen and oxygen atoms in total. The van der Waals surface area contributed by atoms with Gasteiger partial charge in [0.15, 0.2) is 0 Å². The van der Waals surface area contributed by atoms with E-state index in [4.69, 9.17) is 0 Å². The Bertz CT molecular complexity index is 869. The van der Waals surface area contributed by atoms with Crippen molar-refractivity contribution in [1.82, 2.24) is 14.6 Å². The number of nitrogens with zero attached hydrogens (tertiary/aromatic N) is 2. The van der Waals surface area contributed by atoms with Crippen LogP contribution in [0.3, 0.4) is 0 Å². The third kappa shape index (κ3) is 6.50. The molecule has 0 amide bonds. The number of rotatable bonds is 10. The molecule has 1 aromatic heterocycles. The van der Waals surface area contributed by atoms with E-state index in [1.165, 1.54) is 10.7 Å². The Morgan fingerprint density at radius 1 is 1.17 bits per heavy atom. The Morgan fingerprint density at radius 2 is 1.90 bits per heavy atom. The first kappa shape index (κ1) is 22.7. The van der Waals surface area contributed by atoms with Crippen molar-refractivity contribution < 1.29 is 13.5 Å². The maximum absolute atomic E-state index is 12.7. The molecule has 1 heterocycles. The fourth-order valence-corrected chi connectivity index (χ4v) is 4.94. The molecule has 30 heavy (non-hydrogen) atoms. The van der Waals surface area contributed by atoms with Crippen LogP contribution in [-0.2, 0) is 16.6 Å². The minimum atomic E-state index is -3.54. The van der Waals surface area contributed by atoms with E-state index in [0.717, 1.165) is 43.2 Å². The van der Waals surface area contributed by atoms with Gasteiger partial charge in [-0.2, -0.15) is 12.7 Å². The lowest BCUT2D eigenvalue weighted by Gasteiger charge is -2.30. The van der Waals surface area contributed by atoms with Gasteiger partial charge in [-0.1, -0.05) is 37.5 Å². The third-order valence-corrected chi connectivity index (χ3v) is 7.22. The Labute approximate surface area is 179 Å². The summed E-state index contributed by atoms with van der Waals surface area (Å²) in [6.07, 6.45) is 8.78. The van der Waals surface area contributed by atoms with Crippen molar-refractivity contribution in [2.75, 3.05) is 24.9 Å². The minimum absolute atomic E-state index is 0.0867. The maximum atomic E-state index is 12.7. The highest BCUT2D eigenvalue weighted by atomic mass is 32.2. The Kier molecular flexibility index (Phi) is 8.21. The van der Waals surface area contributed by atoms with Crippen molar-refractivity contribution >= 4 is 15.9 Å². The number of aliphatic hydroxyl groups is 1. The smallest absolute Gasteiger partial charge is 0.301 e. The Balaban J connectivity index is 1.44. The second-order valence-corrected chi connectivity index (χ2v) is 9.60. The molecule has 1 fully saturated rings. The van der Waals surface area contributed by atoms with Gasteiger partial charge in [-0.15, -0.1) is 0 Å². The highest BCUT2D eigenvalue weighted by molar-refractivity contribution is 7.90. The molecule has 1 aliphatic carbocycles. The number of hydrogen-bond donors (Lipinski definition) is 3. The first-order valence-corrected chi connectivity index (χ1v) is 12.0. The fraction of sp³-hybridized carbons (Fsp3) is 0.500. The molecule has 1 aliphatic rings. The van der Waals surface area contributed by atoms with Gasteiger partial charge in [-0.25, -0.2) is 0 Å². The van der Waals surface area contributed by atoms with Gasteiger partial charge < -0.3 is 10.4 Å². The van der Waals surface area contributed by atoms with E-state index in [-0.39, 0.29) is 6.04 Å². The summed E-state index contributed by atoms with van der Waals surface area (Å²) in [7, 11) is -1.88. The van der Waals surface area contributed by atoms with Crippen LogP contribution < -0.4 is 10.0 Å². The molecule has 8 heteroatoms. The second-order valence-electron chi connectivity index (χ2n) is 7.87. The van der Waals surface area contributed by atoms with E-state index < -0.39 is 16.3 Å². The number of anilines is 1. The first-order valence-electron chi connectivity index (χ1n) is 10.6. The summed E-state index contributed by atoms with van der Waals surface area (Å²) < 4.78 is 29.5. The average Bonchev–Trinajstić information content (AvgIpc) is 2.78. The number of aromatic nitrogens is 1. The molecule has 0 bridgehead atoms. The molecule has 1 saturated carbocycles. The van der Waals surface area contributed by atoms with Gasteiger partial charge in [0, 0.05) is 43.3 Å². The summed E-state index contributed by atoms with van der Waals surface area (Å²) in [6.45, 7) is 1.17. The van der Waals surface area contributed by atoms with E-state index in [1.807, 2.05) is 18.2 Å². The molecule has 2 aromatic rings. The lowest BCUT2D eigenvalue weighted by atomic mass is 9.96. The molecular weight excluding hydrogens is 400 g/mol. The molecule has 0 radical (unpaired) electrons. The number of nitrogens with one attached hydrogen (secondary N) is 2. The predicted molar refractivity (Wildman–Crippen MR) is 119 cm³/mol. The SMILES string of the molecule is CN(C1CCCCC1)S(=O)(=O)Nc1ccc(CCNC[C@H](O)c2cccnc2)cc1. The van der Waals surface area contributed by atoms with Gasteiger partial charge in [0.25, 0.3) is 0 Å². The monoisotopic (exact) mass is 432 g/mol. The van der Waals surface area contributed by atoms with Gasteiger partial charge in [0.05, 0.1) is 6.10 Å². The lowest BCUT2D eigenvalue weighted by Crippen LogP contribution is -2.41. The van der Waals surface area contributed by atoms with Crippen LogP contribution in [-0.4, -0.2) is 49.0 Å². The standard InChI is InChI=1S/C22H32N4O3S/c1-26(21-7-3-2-4-8-21)30(28,29)25-20-11-9-18(10-12-20)13-15-24-17-22(27)19-6-5-14-23-16-19/h5-6,9-12,14,16,21-22,24-25,27H,2-4,7-8,13,15,17H2,1H3/t22-/m0/s1. The normalized spacial score (nSPS) is 16.5. The number of pyridine rings is 1. The van der Waals surface area contributed by atoms with E-state index in [9.17, 15) is 13.5 Å². The lowest BCUT2D eigenvalue weighted by molar-refractivity contribution is 0.174. The average molecular weight is 433 g/mol. The number of hydrogen-bond acceptors (Lipinski definition) is 5. The molecule has 0 saturated heterocycles. The van der Waals surface area contributed by atoms with Gasteiger partial charge in [-0.3, -0.25) is 9.71 Å². The summed E-state index contributed by atoms with van der Waals surface area (Å²) in [4.78, 5) is 4.01. The van der Waals surface area contributed by atoms with Crippen LogP contribution in [0.1, 0.15) is 49.3 Å². The highest BCUT2D eigenvalue weighted by Crippen LogP contribution is 2.24. The molecule has 3 rings (SSSR count). The van der Waals surface area contributed by atoms with E-state index in [2.05, 4.69) is 15.0 Å². The van der Waals surface area contributed by atoms with Crippen LogP contribution in [0.4, 0.5) is 5.69 Å². The van der Waals surface area contributed by atoms with Gasteiger partial charge in [0.1, 0.15) is 0 Å². The third-order valence-electron chi connectivity index (χ3n) is 5.67. The summed E-state index contributed by atoms with van der Waals surface area (Å²) >= 11 is 0. The van der Waals surface area contributed by atoms with Crippen molar-refractivity contribution in [3.8, 4) is 0 Å². The largest absolute Gasteiger partial charge is 0.387 e. The fourth-order valence-electron chi connectivity index (χ4n) is 3.76. The van der Waals surface area contributed by atoms with Gasteiger partial charge >= 0.3 is 10.2 Å². The predicted octanol–water partition coefficient (Wildman–Crippen LogP) is 2.87. The zero-order valence-electron chi connectivity index (χ0n) is 17.5. The van der Waals surface area contributed by atoms with E-state index >= 15 is 0 Å². The Hall–Kier alpha value is -2.00. The van der Waals surface area contributed by atoms with Crippen molar-refractivity contribution in [1.29, 1.82) is 0 Å². The molecule has 0 spiro atoms. The Morgan fingerprint density at radius 3 is 2.57 bits per heavy atom. The molecular formula is C22H32N4O3S. The zero-order chi connectivity index (χ0) is 21.4.